The number of piperazine rings is 1. The van der Waals surface area contributed by atoms with Crippen molar-refractivity contribution in [1.82, 2.24) is 29.4 Å². The van der Waals surface area contributed by atoms with Crippen LogP contribution in [0.25, 0.3) is 28.1 Å². The molecular weight excluding hydrogens is 642 g/mol. The predicted molar refractivity (Wildman–Crippen MR) is 164 cm³/mol. The minimum Gasteiger partial charge on any atom is -0.350 e. The zero-order chi connectivity index (χ0) is 33.8. The minimum absolute atomic E-state index is 0.0237. The third-order valence-corrected chi connectivity index (χ3v) is 9.68. The number of nitrogens with zero attached hydrogens (tertiary/aromatic N) is 7. The van der Waals surface area contributed by atoms with Gasteiger partial charge in [-0.1, -0.05) is 13.0 Å². The summed E-state index contributed by atoms with van der Waals surface area (Å²) in [7, 11) is -4.01. The van der Waals surface area contributed by atoms with E-state index in [1.54, 1.807) is 16.7 Å². The number of hydrogen-bond acceptors (Lipinski definition) is 9. The van der Waals surface area contributed by atoms with Gasteiger partial charge in [0.1, 0.15) is 17.2 Å². The highest BCUT2D eigenvalue weighted by Gasteiger charge is 2.37. The molecular formula is C31H29F4N7O4S. The lowest BCUT2D eigenvalue weighted by Crippen LogP contribution is -2.54. The number of rotatable bonds is 6. The first-order chi connectivity index (χ1) is 22.2. The van der Waals surface area contributed by atoms with Gasteiger partial charge in [-0.25, -0.2) is 27.2 Å². The zero-order valence-electron chi connectivity index (χ0n) is 25.3. The molecule has 1 atom stereocenters. The van der Waals surface area contributed by atoms with Gasteiger partial charge in [0.25, 0.3) is 0 Å². The molecule has 0 bridgehead atoms. The van der Waals surface area contributed by atoms with Crippen molar-refractivity contribution in [2.45, 2.75) is 49.2 Å². The molecule has 4 aromatic heterocycles. The van der Waals surface area contributed by atoms with Gasteiger partial charge in [-0.15, -0.1) is 0 Å². The Labute approximate surface area is 266 Å². The second-order valence-electron chi connectivity index (χ2n) is 11.6. The number of anilines is 1. The molecule has 0 radical (unpaired) electrons. The van der Waals surface area contributed by atoms with E-state index < -0.39 is 50.5 Å². The van der Waals surface area contributed by atoms with Crippen molar-refractivity contribution >= 4 is 32.6 Å². The number of halogens is 4. The maximum atomic E-state index is 16.0. The Bertz CT molecular complexity index is 2100. The number of carbonyl (C=O) groups is 1. The first-order valence-electron chi connectivity index (χ1n) is 14.7. The minimum atomic E-state index is -4.92. The van der Waals surface area contributed by atoms with Crippen LogP contribution >= 0.6 is 0 Å². The second kappa shape index (κ2) is 11.8. The number of carbonyl (C=O) groups excluding carboxylic acids is 1. The average molecular weight is 672 g/mol. The number of alkyl halides is 3. The Morgan fingerprint density at radius 3 is 2.45 bits per heavy atom. The van der Waals surface area contributed by atoms with Crippen LogP contribution in [0.3, 0.4) is 0 Å². The first-order valence-corrected chi connectivity index (χ1v) is 16.6. The van der Waals surface area contributed by atoms with Gasteiger partial charge in [0.05, 0.1) is 27.2 Å². The van der Waals surface area contributed by atoms with Crippen molar-refractivity contribution in [3.8, 4) is 17.1 Å². The highest BCUT2D eigenvalue weighted by Crippen LogP contribution is 2.41. The fraction of sp³-hybridized carbons (Fsp3) is 0.355. The fourth-order valence-electron chi connectivity index (χ4n) is 6.07. The predicted octanol–water partition coefficient (Wildman–Crippen LogP) is 4.29. The highest BCUT2D eigenvalue weighted by molar-refractivity contribution is 7.90. The van der Waals surface area contributed by atoms with Crippen molar-refractivity contribution in [2.24, 2.45) is 0 Å². The summed E-state index contributed by atoms with van der Waals surface area (Å²) in [6, 6.07) is 3.51. The molecule has 1 saturated carbocycles. The van der Waals surface area contributed by atoms with Crippen molar-refractivity contribution < 1.29 is 30.8 Å². The average Bonchev–Trinajstić information content (AvgIpc) is 2.99. The van der Waals surface area contributed by atoms with Crippen molar-refractivity contribution in [3.63, 3.8) is 0 Å². The smallest absolute Gasteiger partial charge is 0.350 e. The maximum absolute atomic E-state index is 16.0. The Morgan fingerprint density at radius 1 is 1.09 bits per heavy atom. The van der Waals surface area contributed by atoms with Crippen LogP contribution in [-0.4, -0.2) is 75.7 Å². The summed E-state index contributed by atoms with van der Waals surface area (Å²) in [5.74, 6) is -1.70. The summed E-state index contributed by atoms with van der Waals surface area (Å²) in [6.45, 7) is 5.87. The number of amides is 1. The molecule has 1 aliphatic heterocycles. The second-order valence-corrected chi connectivity index (χ2v) is 13.6. The number of hydrogen-bond donors (Lipinski definition) is 0. The standard InChI is InChI=1S/C31H29F4N7O4S/c1-4-23(43)40-13-14-41(17(2)16-40)28-19-15-21(32)26(25-20(31(33,34)35)9-6-11-36-25)38-29(19)42(30(44)39-28)27-22(47(3,45)46)10-12-37-24(27)18-7-5-8-18/h4,6,9-12,15,17-18H,1,5,7-8,13-14,16H2,2-3H3/t17-/m0/s1. The monoisotopic (exact) mass is 671 g/mol. The fourth-order valence-corrected chi connectivity index (χ4v) is 6.93. The van der Waals surface area contributed by atoms with Crippen LogP contribution < -0.4 is 10.6 Å². The quantitative estimate of drug-likeness (QED) is 0.218. The van der Waals surface area contributed by atoms with Gasteiger partial charge in [-0.2, -0.15) is 18.2 Å². The van der Waals surface area contributed by atoms with Gasteiger partial charge in [-0.3, -0.25) is 14.8 Å². The summed E-state index contributed by atoms with van der Waals surface area (Å²) in [6.07, 6.45) is 1.75. The van der Waals surface area contributed by atoms with Crippen LogP contribution in [0.4, 0.5) is 23.4 Å². The molecule has 0 unspecified atom stereocenters. The number of fused-ring (bicyclic) bond motifs is 1. The largest absolute Gasteiger partial charge is 0.418 e. The lowest BCUT2D eigenvalue weighted by molar-refractivity contribution is -0.137. The molecule has 2 fully saturated rings. The molecule has 1 aliphatic carbocycles. The molecule has 16 heteroatoms. The lowest BCUT2D eigenvalue weighted by Gasteiger charge is -2.40. The number of aromatic nitrogens is 5. The molecule has 0 spiro atoms. The van der Waals surface area contributed by atoms with Crippen molar-refractivity contribution in [3.05, 3.63) is 76.9 Å². The molecule has 0 N–H and O–H groups in total. The Morgan fingerprint density at radius 2 is 1.83 bits per heavy atom. The SMILES string of the molecule is C=CC(=O)N1CCN(c2nc(=O)n(-c3c(S(C)(=O)=O)ccnc3C3CCC3)c3nc(-c4ncccc4C(F)(F)F)c(F)cc23)[C@@H](C)C1. The van der Waals surface area contributed by atoms with E-state index in [0.29, 0.717) is 12.8 Å². The summed E-state index contributed by atoms with van der Waals surface area (Å²) in [4.78, 5) is 46.2. The van der Waals surface area contributed by atoms with E-state index in [-0.39, 0.29) is 64.6 Å². The van der Waals surface area contributed by atoms with Crippen LogP contribution in [-0.2, 0) is 20.8 Å². The van der Waals surface area contributed by atoms with Crippen LogP contribution in [0.1, 0.15) is 43.4 Å². The molecule has 47 heavy (non-hydrogen) atoms. The molecule has 246 valence electrons. The molecule has 11 nitrogen and oxygen atoms in total. The molecule has 6 rings (SSSR count). The van der Waals surface area contributed by atoms with Crippen LogP contribution in [0.5, 0.6) is 0 Å². The van der Waals surface area contributed by atoms with Crippen LogP contribution in [0.2, 0.25) is 0 Å². The summed E-state index contributed by atoms with van der Waals surface area (Å²) in [5.41, 5.74) is -4.03. The topological polar surface area (TPSA) is 131 Å². The molecule has 2 aliphatic rings. The van der Waals surface area contributed by atoms with Gasteiger partial charge < -0.3 is 9.80 Å². The van der Waals surface area contributed by atoms with E-state index in [1.807, 2.05) is 0 Å². The third kappa shape index (κ3) is 5.74. The van der Waals surface area contributed by atoms with E-state index in [9.17, 15) is 31.2 Å². The highest BCUT2D eigenvalue weighted by atomic mass is 32.2. The normalized spacial score (nSPS) is 17.5. The number of pyridine rings is 3. The first kappa shape index (κ1) is 32.2. The maximum Gasteiger partial charge on any atom is 0.418 e. The molecule has 5 heterocycles. The summed E-state index contributed by atoms with van der Waals surface area (Å²) < 4.78 is 85.3. The van der Waals surface area contributed by atoms with Gasteiger partial charge >= 0.3 is 11.9 Å². The van der Waals surface area contributed by atoms with Gasteiger partial charge in [-0.05, 0) is 50.1 Å². The molecule has 1 amide bonds. The Kier molecular flexibility index (Phi) is 8.10. The molecule has 4 aromatic rings. The lowest BCUT2D eigenvalue weighted by atomic mass is 9.82. The van der Waals surface area contributed by atoms with Crippen LogP contribution in [0, 0.1) is 5.82 Å². The molecule has 0 aromatic carbocycles. The van der Waals surface area contributed by atoms with E-state index in [0.717, 1.165) is 41.6 Å². The third-order valence-electron chi connectivity index (χ3n) is 8.56. The number of sulfone groups is 1. The Balaban J connectivity index is 1.69. The van der Waals surface area contributed by atoms with Crippen molar-refractivity contribution in [2.75, 3.05) is 30.8 Å². The van der Waals surface area contributed by atoms with E-state index in [2.05, 4.69) is 26.5 Å². The van der Waals surface area contributed by atoms with Crippen LogP contribution in [0.15, 0.2) is 59.0 Å². The zero-order valence-corrected chi connectivity index (χ0v) is 26.1. The summed E-state index contributed by atoms with van der Waals surface area (Å²) >= 11 is 0. The van der Waals surface area contributed by atoms with Gasteiger partial charge in [0.15, 0.2) is 21.3 Å². The van der Waals surface area contributed by atoms with Crippen molar-refractivity contribution in [1.29, 1.82) is 0 Å². The van der Waals surface area contributed by atoms with E-state index >= 15 is 4.39 Å². The van der Waals surface area contributed by atoms with Gasteiger partial charge in [0, 0.05) is 50.2 Å². The van der Waals surface area contributed by atoms with E-state index in [4.69, 9.17) is 0 Å². The summed E-state index contributed by atoms with van der Waals surface area (Å²) in [5, 5.41) is -0.0615. The Hall–Kier alpha value is -4.73. The molecule has 1 saturated heterocycles. The van der Waals surface area contributed by atoms with Gasteiger partial charge in [0.2, 0.25) is 5.91 Å². The van der Waals surface area contributed by atoms with E-state index in [1.165, 1.54) is 18.3 Å².